The Bertz CT molecular complexity index is 527. The summed E-state index contributed by atoms with van der Waals surface area (Å²) in [5, 5.41) is 7.78. The van der Waals surface area contributed by atoms with Gasteiger partial charge in [-0.25, -0.2) is 4.63 Å². The lowest BCUT2D eigenvalue weighted by Gasteiger charge is -2.41. The third kappa shape index (κ3) is 2.57. The van der Waals surface area contributed by atoms with Crippen molar-refractivity contribution in [1.29, 1.82) is 0 Å². The number of nitrogens with zero attached hydrogens (tertiary/aromatic N) is 4. The molecule has 3 rings (SSSR count). The molecule has 21 heavy (non-hydrogen) atoms. The number of amides is 1. The summed E-state index contributed by atoms with van der Waals surface area (Å²) >= 11 is 0. The highest BCUT2D eigenvalue weighted by atomic mass is 16.6. The van der Waals surface area contributed by atoms with Gasteiger partial charge in [0, 0.05) is 25.7 Å². The average molecular weight is 292 g/mol. The molecule has 0 N–H and O–H groups in total. The van der Waals surface area contributed by atoms with Crippen molar-refractivity contribution in [2.75, 3.05) is 19.6 Å². The fraction of sp³-hybridized carbons (Fsp3) is 0.800. The Kier molecular flexibility index (Phi) is 3.73. The van der Waals surface area contributed by atoms with Gasteiger partial charge in [-0.1, -0.05) is 10.3 Å². The Morgan fingerprint density at radius 3 is 2.76 bits per heavy atom. The van der Waals surface area contributed by atoms with Crippen LogP contribution >= 0.6 is 0 Å². The molecule has 0 unspecified atom stereocenters. The van der Waals surface area contributed by atoms with Gasteiger partial charge in [-0.3, -0.25) is 9.69 Å². The first-order valence-electron chi connectivity index (χ1n) is 7.83. The van der Waals surface area contributed by atoms with E-state index in [9.17, 15) is 4.79 Å². The molecule has 1 aromatic rings. The molecule has 1 atom stereocenters. The number of rotatable bonds is 3. The Balaban J connectivity index is 1.70. The number of hydrogen-bond donors (Lipinski definition) is 0. The zero-order chi connectivity index (χ0) is 15.0. The number of piperidine rings is 1. The van der Waals surface area contributed by atoms with Crippen LogP contribution in [0.15, 0.2) is 4.63 Å². The second-order valence-electron chi connectivity index (χ2n) is 6.73. The molecule has 2 saturated heterocycles. The third-order valence-electron chi connectivity index (χ3n) is 4.94. The normalized spacial score (nSPS) is 27.2. The molecule has 116 valence electrons. The Morgan fingerprint density at radius 2 is 2.10 bits per heavy atom. The molecule has 0 bridgehead atoms. The summed E-state index contributed by atoms with van der Waals surface area (Å²) in [4.78, 5) is 17.2. The molecule has 1 aromatic heterocycles. The number of hydrogen-bond acceptors (Lipinski definition) is 5. The molecular weight excluding hydrogens is 268 g/mol. The summed E-state index contributed by atoms with van der Waals surface area (Å²) in [5.74, 6) is 0.348. The second kappa shape index (κ2) is 5.40. The van der Waals surface area contributed by atoms with Gasteiger partial charge in [0.05, 0.1) is 5.41 Å². The molecule has 1 amide bonds. The topological polar surface area (TPSA) is 62.5 Å². The van der Waals surface area contributed by atoms with Crippen molar-refractivity contribution >= 4 is 5.91 Å². The van der Waals surface area contributed by atoms with Crippen LogP contribution in [0.5, 0.6) is 0 Å². The molecule has 0 radical (unpaired) electrons. The van der Waals surface area contributed by atoms with E-state index in [1.807, 2.05) is 6.92 Å². The molecule has 3 heterocycles. The summed E-state index contributed by atoms with van der Waals surface area (Å²) in [6.07, 6.45) is 3.09. The quantitative estimate of drug-likeness (QED) is 0.847. The first-order chi connectivity index (χ1) is 10.0. The number of likely N-dealkylation sites (tertiary alicyclic amines) is 2. The second-order valence-corrected chi connectivity index (χ2v) is 6.73. The molecule has 2 aliphatic rings. The Labute approximate surface area is 125 Å². The maximum Gasteiger partial charge on any atom is 0.230 e. The third-order valence-corrected chi connectivity index (χ3v) is 4.94. The Morgan fingerprint density at radius 1 is 1.29 bits per heavy atom. The maximum atomic E-state index is 12.9. The van der Waals surface area contributed by atoms with Crippen LogP contribution in [0, 0.1) is 12.3 Å². The highest BCUT2D eigenvalue weighted by molar-refractivity contribution is 5.84. The average Bonchev–Trinajstić information content (AvgIpc) is 3.02. The molecule has 1 spiro atoms. The van der Waals surface area contributed by atoms with E-state index in [-0.39, 0.29) is 5.41 Å². The molecule has 0 aliphatic carbocycles. The predicted octanol–water partition coefficient (Wildman–Crippen LogP) is 1.60. The molecule has 2 aliphatic heterocycles. The fourth-order valence-corrected chi connectivity index (χ4v) is 3.67. The van der Waals surface area contributed by atoms with E-state index in [1.165, 1.54) is 0 Å². The largest absolute Gasteiger partial charge is 0.340 e. The van der Waals surface area contributed by atoms with Crippen LogP contribution < -0.4 is 0 Å². The monoisotopic (exact) mass is 292 g/mol. The van der Waals surface area contributed by atoms with Gasteiger partial charge in [0.25, 0.3) is 0 Å². The zero-order valence-corrected chi connectivity index (χ0v) is 13.1. The van der Waals surface area contributed by atoms with Crippen LogP contribution in [-0.4, -0.2) is 51.7 Å². The summed E-state index contributed by atoms with van der Waals surface area (Å²) in [6, 6.07) is 0.297. The van der Waals surface area contributed by atoms with Gasteiger partial charge in [0.15, 0.2) is 0 Å². The smallest absolute Gasteiger partial charge is 0.230 e. The minimum absolute atomic E-state index is 0.173. The minimum Gasteiger partial charge on any atom is -0.340 e. The standard InChI is InChI=1S/C15H24N4O2/c1-11(2)19-7-4-5-15(14(19)20)6-8-18(10-15)9-13-12(3)16-21-17-13/h11H,4-10H2,1-3H3/t15-/m1/s1. The van der Waals surface area contributed by atoms with Crippen LogP contribution in [0.2, 0.25) is 0 Å². The number of aryl methyl sites for hydroxylation is 1. The van der Waals surface area contributed by atoms with Gasteiger partial charge in [-0.2, -0.15) is 0 Å². The van der Waals surface area contributed by atoms with E-state index in [1.54, 1.807) is 0 Å². The fourth-order valence-electron chi connectivity index (χ4n) is 3.67. The van der Waals surface area contributed by atoms with E-state index in [4.69, 9.17) is 4.63 Å². The number of carbonyl (C=O) groups is 1. The number of aromatic nitrogens is 2. The lowest BCUT2D eigenvalue weighted by molar-refractivity contribution is -0.147. The summed E-state index contributed by atoms with van der Waals surface area (Å²) < 4.78 is 4.76. The summed E-state index contributed by atoms with van der Waals surface area (Å²) in [6.45, 7) is 9.54. The SMILES string of the molecule is Cc1nonc1CN1CC[C@]2(CCCN(C(C)C)C2=O)C1. The van der Waals surface area contributed by atoms with E-state index < -0.39 is 0 Å². The highest BCUT2D eigenvalue weighted by Crippen LogP contribution is 2.41. The minimum atomic E-state index is -0.173. The van der Waals surface area contributed by atoms with Crippen molar-refractivity contribution in [3.05, 3.63) is 11.4 Å². The lowest BCUT2D eigenvalue weighted by Crippen LogP contribution is -2.52. The van der Waals surface area contributed by atoms with E-state index in [0.29, 0.717) is 11.9 Å². The molecule has 0 aromatic carbocycles. The molecule has 6 heteroatoms. The van der Waals surface area contributed by atoms with E-state index in [2.05, 4.69) is 34.0 Å². The van der Waals surface area contributed by atoms with Crippen molar-refractivity contribution in [3.8, 4) is 0 Å². The maximum absolute atomic E-state index is 12.9. The lowest BCUT2D eigenvalue weighted by atomic mass is 9.78. The van der Waals surface area contributed by atoms with Crippen LogP contribution in [0.3, 0.4) is 0 Å². The van der Waals surface area contributed by atoms with Gasteiger partial charge in [0.2, 0.25) is 5.91 Å². The molecule has 6 nitrogen and oxygen atoms in total. The highest BCUT2D eigenvalue weighted by Gasteiger charge is 2.48. The van der Waals surface area contributed by atoms with Crippen molar-refractivity contribution in [3.63, 3.8) is 0 Å². The van der Waals surface area contributed by atoms with Crippen LogP contribution in [0.4, 0.5) is 0 Å². The predicted molar refractivity (Wildman–Crippen MR) is 77.4 cm³/mol. The van der Waals surface area contributed by atoms with Gasteiger partial charge >= 0.3 is 0 Å². The molecular formula is C15H24N4O2. The van der Waals surface area contributed by atoms with Crippen LogP contribution in [0.1, 0.15) is 44.5 Å². The molecule has 0 saturated carbocycles. The molecule has 2 fully saturated rings. The first-order valence-corrected chi connectivity index (χ1v) is 7.83. The number of carbonyl (C=O) groups excluding carboxylic acids is 1. The first kappa shape index (κ1) is 14.5. The summed E-state index contributed by atoms with van der Waals surface area (Å²) in [7, 11) is 0. The van der Waals surface area contributed by atoms with Crippen molar-refractivity contribution in [1.82, 2.24) is 20.1 Å². The zero-order valence-electron chi connectivity index (χ0n) is 13.1. The van der Waals surface area contributed by atoms with Gasteiger partial charge in [-0.05, 0) is 46.6 Å². The summed E-state index contributed by atoms with van der Waals surface area (Å²) in [5.41, 5.74) is 1.55. The van der Waals surface area contributed by atoms with Crippen molar-refractivity contribution in [2.24, 2.45) is 5.41 Å². The van der Waals surface area contributed by atoms with Gasteiger partial charge < -0.3 is 4.90 Å². The van der Waals surface area contributed by atoms with Crippen LogP contribution in [-0.2, 0) is 11.3 Å². The van der Waals surface area contributed by atoms with Gasteiger partial charge in [-0.15, -0.1) is 0 Å². The van der Waals surface area contributed by atoms with Gasteiger partial charge in [0.1, 0.15) is 11.4 Å². The van der Waals surface area contributed by atoms with Crippen molar-refractivity contribution in [2.45, 2.75) is 52.6 Å². The van der Waals surface area contributed by atoms with E-state index in [0.717, 1.165) is 56.8 Å². The van der Waals surface area contributed by atoms with Crippen molar-refractivity contribution < 1.29 is 9.42 Å². The Hall–Kier alpha value is -1.43. The van der Waals surface area contributed by atoms with E-state index >= 15 is 0 Å². The van der Waals surface area contributed by atoms with Crippen LogP contribution in [0.25, 0.3) is 0 Å².